The molecular formula is C20H17Cl2O2. The number of allylic oxidation sites excluding steroid dienone is 3. The lowest BCUT2D eigenvalue weighted by molar-refractivity contribution is 0.312. The van der Waals surface area contributed by atoms with Gasteiger partial charge in [0.2, 0.25) is 0 Å². The highest BCUT2D eigenvalue weighted by atomic mass is 35.5. The molecule has 0 saturated heterocycles. The zero-order valence-corrected chi connectivity index (χ0v) is 15.0. The Labute approximate surface area is 152 Å². The van der Waals surface area contributed by atoms with Crippen molar-refractivity contribution >= 4 is 34.3 Å². The van der Waals surface area contributed by atoms with Gasteiger partial charge in [-0.3, -0.25) is 0 Å². The first-order chi connectivity index (χ1) is 11.6. The first-order valence-electron chi connectivity index (χ1n) is 7.56. The van der Waals surface area contributed by atoms with Crippen LogP contribution >= 0.6 is 23.2 Å². The van der Waals surface area contributed by atoms with Crippen LogP contribution < -0.4 is 4.74 Å². The third-order valence-electron chi connectivity index (χ3n) is 3.97. The molecule has 0 saturated carbocycles. The molecule has 0 unspecified atom stereocenters. The zero-order chi connectivity index (χ0) is 17.1. The third-order valence-corrected chi connectivity index (χ3v) is 4.71. The average molecular weight is 360 g/mol. The Hall–Kier alpha value is -1.90. The normalized spacial score (nSPS) is 14.4. The molecule has 0 heterocycles. The smallest absolute Gasteiger partial charge is 0.130 e. The molecule has 3 rings (SSSR count). The second kappa shape index (κ2) is 7.33. The van der Waals surface area contributed by atoms with Crippen LogP contribution in [0.4, 0.5) is 0 Å². The van der Waals surface area contributed by atoms with E-state index in [1.807, 2.05) is 36.4 Å². The van der Waals surface area contributed by atoms with Crippen molar-refractivity contribution in [3.05, 3.63) is 81.9 Å². The summed E-state index contributed by atoms with van der Waals surface area (Å²) in [6, 6.07) is 13.6. The number of rotatable bonds is 4. The number of hydrogen-bond acceptors (Lipinski definition) is 2. The van der Waals surface area contributed by atoms with E-state index in [-0.39, 0.29) is 0 Å². The maximum Gasteiger partial charge on any atom is 0.130 e. The van der Waals surface area contributed by atoms with Crippen molar-refractivity contribution < 1.29 is 9.47 Å². The molecule has 2 aromatic carbocycles. The van der Waals surface area contributed by atoms with E-state index >= 15 is 0 Å². The molecule has 0 amide bonds. The van der Waals surface area contributed by atoms with Crippen molar-refractivity contribution in [1.29, 1.82) is 0 Å². The van der Waals surface area contributed by atoms with Gasteiger partial charge in [-0.2, -0.15) is 0 Å². The molecule has 2 nitrogen and oxygen atoms in total. The number of halogens is 2. The van der Waals surface area contributed by atoms with E-state index in [0.29, 0.717) is 10.0 Å². The van der Waals surface area contributed by atoms with Crippen molar-refractivity contribution in [3.63, 3.8) is 0 Å². The van der Waals surface area contributed by atoms with E-state index in [1.165, 1.54) is 0 Å². The van der Waals surface area contributed by atoms with Gasteiger partial charge in [-0.15, -0.1) is 0 Å². The summed E-state index contributed by atoms with van der Waals surface area (Å²) in [6.07, 6.45) is 5.11. The molecule has 1 aliphatic rings. The van der Waals surface area contributed by atoms with Crippen molar-refractivity contribution in [2.45, 2.75) is 6.42 Å². The lowest BCUT2D eigenvalue weighted by Gasteiger charge is -2.22. The minimum atomic E-state index is 0.533. The molecule has 2 aromatic rings. The van der Waals surface area contributed by atoms with E-state index in [2.05, 4.69) is 12.5 Å². The van der Waals surface area contributed by atoms with Crippen LogP contribution in [-0.4, -0.2) is 14.2 Å². The molecular weight excluding hydrogens is 343 g/mol. The van der Waals surface area contributed by atoms with Crippen LogP contribution in [0.15, 0.2) is 54.3 Å². The third kappa shape index (κ3) is 3.31. The molecule has 0 fully saturated rings. The molecule has 0 aromatic heterocycles. The minimum absolute atomic E-state index is 0.533. The molecule has 0 atom stereocenters. The van der Waals surface area contributed by atoms with Crippen LogP contribution in [0.2, 0.25) is 10.0 Å². The summed E-state index contributed by atoms with van der Waals surface area (Å²) in [4.78, 5) is 0. The molecule has 24 heavy (non-hydrogen) atoms. The van der Waals surface area contributed by atoms with Crippen LogP contribution in [0, 0.1) is 6.42 Å². The summed E-state index contributed by atoms with van der Waals surface area (Å²) >= 11 is 12.2. The largest absolute Gasteiger partial charge is 0.497 e. The van der Waals surface area contributed by atoms with Gasteiger partial charge in [-0.1, -0.05) is 47.5 Å². The van der Waals surface area contributed by atoms with Crippen molar-refractivity contribution in [2.75, 3.05) is 14.2 Å². The molecule has 1 radical (unpaired) electrons. The second-order valence-electron chi connectivity index (χ2n) is 5.36. The Kier molecular flexibility index (Phi) is 5.17. The van der Waals surface area contributed by atoms with Gasteiger partial charge in [-0.25, -0.2) is 0 Å². The van der Waals surface area contributed by atoms with Gasteiger partial charge in [-0.05, 0) is 48.2 Å². The summed E-state index contributed by atoms with van der Waals surface area (Å²) in [5, 5.41) is 1.08. The minimum Gasteiger partial charge on any atom is -0.497 e. The van der Waals surface area contributed by atoms with E-state index in [1.54, 1.807) is 20.3 Å². The Morgan fingerprint density at radius 3 is 2.17 bits per heavy atom. The van der Waals surface area contributed by atoms with E-state index in [9.17, 15) is 0 Å². The van der Waals surface area contributed by atoms with Gasteiger partial charge < -0.3 is 9.47 Å². The van der Waals surface area contributed by atoms with Crippen LogP contribution in [0.25, 0.3) is 11.1 Å². The van der Waals surface area contributed by atoms with E-state index in [0.717, 1.165) is 40.2 Å². The molecule has 0 aliphatic heterocycles. The summed E-state index contributed by atoms with van der Waals surface area (Å²) in [7, 11) is 3.34. The maximum absolute atomic E-state index is 6.17. The maximum atomic E-state index is 6.17. The summed E-state index contributed by atoms with van der Waals surface area (Å²) in [5.41, 5.74) is 4.15. The molecule has 123 valence electrons. The van der Waals surface area contributed by atoms with Crippen molar-refractivity contribution in [3.8, 4) is 5.75 Å². The first kappa shape index (κ1) is 16.9. The predicted molar refractivity (Wildman–Crippen MR) is 100 cm³/mol. The fraction of sp³-hybridized carbons (Fsp3) is 0.150. The highest BCUT2D eigenvalue weighted by Gasteiger charge is 2.20. The predicted octanol–water partition coefficient (Wildman–Crippen LogP) is 6.05. The molecule has 0 bridgehead atoms. The topological polar surface area (TPSA) is 18.5 Å². The zero-order valence-electron chi connectivity index (χ0n) is 13.5. The van der Waals surface area contributed by atoms with Crippen LogP contribution in [0.1, 0.15) is 17.5 Å². The SMILES string of the molecule is COC1=C(c2ccc(OC)cc2)[CH]CC=C1c1ccc(Cl)c(Cl)c1. The Morgan fingerprint density at radius 2 is 1.54 bits per heavy atom. The number of ether oxygens (including phenoxy) is 2. The van der Waals surface area contributed by atoms with Gasteiger partial charge in [0.05, 0.1) is 24.3 Å². The van der Waals surface area contributed by atoms with Crippen LogP contribution in [0.5, 0.6) is 5.75 Å². The Balaban J connectivity index is 2.05. The lowest BCUT2D eigenvalue weighted by Crippen LogP contribution is -2.03. The second-order valence-corrected chi connectivity index (χ2v) is 6.18. The van der Waals surface area contributed by atoms with E-state index < -0.39 is 0 Å². The van der Waals surface area contributed by atoms with Gasteiger partial charge in [0.25, 0.3) is 0 Å². The summed E-state index contributed by atoms with van der Waals surface area (Å²) in [6.45, 7) is 0. The highest BCUT2D eigenvalue weighted by Crippen LogP contribution is 2.39. The quantitative estimate of drug-likeness (QED) is 0.661. The Morgan fingerprint density at radius 1 is 0.833 bits per heavy atom. The van der Waals surface area contributed by atoms with Gasteiger partial charge in [0, 0.05) is 11.1 Å². The molecule has 1 aliphatic carbocycles. The van der Waals surface area contributed by atoms with Gasteiger partial charge in [0.15, 0.2) is 0 Å². The van der Waals surface area contributed by atoms with Crippen LogP contribution in [-0.2, 0) is 4.74 Å². The average Bonchev–Trinajstić information content (AvgIpc) is 2.63. The van der Waals surface area contributed by atoms with Gasteiger partial charge >= 0.3 is 0 Å². The van der Waals surface area contributed by atoms with E-state index in [4.69, 9.17) is 32.7 Å². The van der Waals surface area contributed by atoms with Crippen LogP contribution in [0.3, 0.4) is 0 Å². The summed E-state index contributed by atoms with van der Waals surface area (Å²) < 4.78 is 11.0. The van der Waals surface area contributed by atoms with Gasteiger partial charge in [0.1, 0.15) is 11.5 Å². The number of benzene rings is 2. The lowest BCUT2D eigenvalue weighted by atomic mass is 9.89. The van der Waals surface area contributed by atoms with Crippen molar-refractivity contribution in [2.24, 2.45) is 0 Å². The molecule has 0 spiro atoms. The Bertz CT molecular complexity index is 805. The highest BCUT2D eigenvalue weighted by molar-refractivity contribution is 6.42. The first-order valence-corrected chi connectivity index (χ1v) is 8.31. The fourth-order valence-electron chi connectivity index (χ4n) is 2.78. The monoisotopic (exact) mass is 359 g/mol. The molecule has 0 N–H and O–H groups in total. The van der Waals surface area contributed by atoms with Crippen molar-refractivity contribution in [1.82, 2.24) is 0 Å². The number of hydrogen-bond donors (Lipinski definition) is 0. The standard InChI is InChI=1S/C20H17Cl2O2/c1-23-15-9-6-13(7-10-15)16-4-3-5-17(20(16)24-2)14-8-11-18(21)19(22)12-14/h4-12H,3H2,1-2H3. The molecule has 4 heteroatoms. The number of methoxy groups -OCH3 is 2. The summed E-state index contributed by atoms with van der Waals surface area (Å²) in [5.74, 6) is 1.65. The fourth-order valence-corrected chi connectivity index (χ4v) is 3.08.